The molecule has 1 amide bonds. The van der Waals surface area contributed by atoms with Gasteiger partial charge in [-0.3, -0.25) is 9.59 Å². The van der Waals surface area contributed by atoms with Crippen LogP contribution < -0.4 is 10.6 Å². The zero-order chi connectivity index (χ0) is 15.2. The van der Waals surface area contributed by atoms with E-state index in [2.05, 4.69) is 31.5 Å². The van der Waals surface area contributed by atoms with Crippen molar-refractivity contribution in [3.05, 3.63) is 22.8 Å². The van der Waals surface area contributed by atoms with Crippen molar-refractivity contribution in [1.82, 2.24) is 10.3 Å². The highest BCUT2D eigenvalue weighted by Crippen LogP contribution is 2.24. The number of carbonyl (C=O) groups is 2. The molecule has 1 aromatic rings. The minimum absolute atomic E-state index is 0.0866. The molecule has 1 saturated carbocycles. The molecule has 114 valence electrons. The van der Waals surface area contributed by atoms with E-state index in [-0.39, 0.29) is 24.4 Å². The van der Waals surface area contributed by atoms with E-state index in [1.165, 1.54) is 0 Å². The van der Waals surface area contributed by atoms with Crippen molar-refractivity contribution in [1.29, 1.82) is 0 Å². The van der Waals surface area contributed by atoms with Crippen LogP contribution in [0.2, 0.25) is 0 Å². The zero-order valence-electron chi connectivity index (χ0n) is 11.5. The molecule has 2 rings (SSSR count). The van der Waals surface area contributed by atoms with Crippen molar-refractivity contribution in [2.45, 2.75) is 31.7 Å². The molecular formula is C14H18BrN3O3. The van der Waals surface area contributed by atoms with Gasteiger partial charge in [0, 0.05) is 16.7 Å². The summed E-state index contributed by atoms with van der Waals surface area (Å²) in [6, 6.07) is 3.60. The average Bonchev–Trinajstić information content (AvgIpc) is 2.48. The Morgan fingerprint density at radius 2 is 2.19 bits per heavy atom. The number of carbonyl (C=O) groups excluding carboxylic acids is 1. The van der Waals surface area contributed by atoms with Crippen LogP contribution in [0.15, 0.2) is 22.8 Å². The maximum absolute atomic E-state index is 11.8. The summed E-state index contributed by atoms with van der Waals surface area (Å²) in [5, 5.41) is 14.8. The van der Waals surface area contributed by atoms with Gasteiger partial charge in [-0.2, -0.15) is 0 Å². The third-order valence-corrected chi connectivity index (χ3v) is 4.04. The predicted molar refractivity (Wildman–Crippen MR) is 82.0 cm³/mol. The molecule has 21 heavy (non-hydrogen) atoms. The van der Waals surface area contributed by atoms with Crippen LogP contribution in [-0.2, 0) is 9.59 Å². The molecule has 1 aliphatic rings. The van der Waals surface area contributed by atoms with Gasteiger partial charge in [-0.1, -0.05) is 6.42 Å². The molecule has 1 heterocycles. The van der Waals surface area contributed by atoms with Gasteiger partial charge in [-0.05, 0) is 47.3 Å². The summed E-state index contributed by atoms with van der Waals surface area (Å²) >= 11 is 3.28. The number of carboxylic acids is 1. The lowest BCUT2D eigenvalue weighted by Crippen LogP contribution is -2.40. The molecule has 1 aliphatic carbocycles. The number of rotatable bonds is 5. The molecule has 3 N–H and O–H groups in total. The average molecular weight is 356 g/mol. The van der Waals surface area contributed by atoms with Gasteiger partial charge in [0.15, 0.2) is 0 Å². The SMILES string of the molecule is O=C(CNC1CCCC(C(=O)O)C1)Nc1ccc(Br)cn1. The first-order valence-electron chi connectivity index (χ1n) is 6.92. The topological polar surface area (TPSA) is 91.3 Å². The van der Waals surface area contributed by atoms with Gasteiger partial charge in [0.1, 0.15) is 5.82 Å². The highest BCUT2D eigenvalue weighted by molar-refractivity contribution is 9.10. The fourth-order valence-electron chi connectivity index (χ4n) is 2.47. The molecule has 0 aromatic carbocycles. The number of anilines is 1. The number of nitrogens with zero attached hydrogens (tertiary/aromatic N) is 1. The number of nitrogens with one attached hydrogen (secondary N) is 2. The first kappa shape index (κ1) is 15.9. The molecule has 1 fully saturated rings. The van der Waals surface area contributed by atoms with Crippen molar-refractivity contribution in [2.24, 2.45) is 5.92 Å². The summed E-state index contributed by atoms with van der Waals surface area (Å²) in [6.45, 7) is 0.161. The fraction of sp³-hybridized carbons (Fsp3) is 0.500. The number of halogens is 1. The molecule has 6 nitrogen and oxygen atoms in total. The van der Waals surface area contributed by atoms with E-state index in [1.54, 1.807) is 18.3 Å². The largest absolute Gasteiger partial charge is 0.481 e. The number of carboxylic acid groups (broad SMARTS) is 1. The molecule has 0 aliphatic heterocycles. The lowest BCUT2D eigenvalue weighted by molar-refractivity contribution is -0.143. The van der Waals surface area contributed by atoms with Gasteiger partial charge in [0.2, 0.25) is 5.91 Å². The Morgan fingerprint density at radius 1 is 1.38 bits per heavy atom. The summed E-state index contributed by atoms with van der Waals surface area (Å²) in [7, 11) is 0. The van der Waals surface area contributed by atoms with Crippen LogP contribution in [0.25, 0.3) is 0 Å². The number of aliphatic carboxylic acids is 1. The van der Waals surface area contributed by atoms with E-state index in [0.717, 1.165) is 23.7 Å². The molecule has 2 atom stereocenters. The Morgan fingerprint density at radius 3 is 2.86 bits per heavy atom. The van der Waals surface area contributed by atoms with Crippen LogP contribution in [-0.4, -0.2) is 34.6 Å². The van der Waals surface area contributed by atoms with Crippen LogP contribution in [0.1, 0.15) is 25.7 Å². The minimum Gasteiger partial charge on any atom is -0.481 e. The number of hydrogen-bond acceptors (Lipinski definition) is 4. The van der Waals surface area contributed by atoms with Gasteiger partial charge in [0.25, 0.3) is 0 Å². The van der Waals surface area contributed by atoms with E-state index in [1.807, 2.05) is 0 Å². The van der Waals surface area contributed by atoms with Crippen LogP contribution in [0.3, 0.4) is 0 Å². The lowest BCUT2D eigenvalue weighted by Gasteiger charge is -2.27. The van der Waals surface area contributed by atoms with Gasteiger partial charge in [0.05, 0.1) is 12.5 Å². The summed E-state index contributed by atoms with van der Waals surface area (Å²) in [4.78, 5) is 26.9. The molecular weight excluding hydrogens is 338 g/mol. The first-order chi connectivity index (χ1) is 10.0. The molecule has 7 heteroatoms. The number of aromatic nitrogens is 1. The van der Waals surface area contributed by atoms with Crippen molar-refractivity contribution in [2.75, 3.05) is 11.9 Å². The van der Waals surface area contributed by atoms with E-state index in [0.29, 0.717) is 12.2 Å². The van der Waals surface area contributed by atoms with Crippen molar-refractivity contribution in [3.8, 4) is 0 Å². The summed E-state index contributed by atoms with van der Waals surface area (Å²) in [6.07, 6.45) is 4.71. The number of hydrogen-bond donors (Lipinski definition) is 3. The third-order valence-electron chi connectivity index (χ3n) is 3.57. The predicted octanol–water partition coefficient (Wildman–Crippen LogP) is 2.02. The third kappa shape index (κ3) is 5.09. The molecule has 0 bridgehead atoms. The Hall–Kier alpha value is -1.47. The number of amides is 1. The number of pyridine rings is 1. The summed E-state index contributed by atoms with van der Waals surface area (Å²) in [5.74, 6) is -0.725. The standard InChI is InChI=1S/C14H18BrN3O3/c15-10-4-5-12(17-7-10)18-13(19)8-16-11-3-1-2-9(6-11)14(20)21/h4-5,7,9,11,16H,1-3,6,8H2,(H,20,21)(H,17,18,19). The molecule has 2 unspecified atom stereocenters. The first-order valence-corrected chi connectivity index (χ1v) is 7.71. The molecule has 0 saturated heterocycles. The second-order valence-electron chi connectivity index (χ2n) is 5.19. The van der Waals surface area contributed by atoms with Crippen molar-refractivity contribution < 1.29 is 14.7 Å². The van der Waals surface area contributed by atoms with Crippen LogP contribution in [0, 0.1) is 5.92 Å². The van der Waals surface area contributed by atoms with Crippen LogP contribution in [0.5, 0.6) is 0 Å². The van der Waals surface area contributed by atoms with Crippen LogP contribution in [0.4, 0.5) is 5.82 Å². The van der Waals surface area contributed by atoms with Gasteiger partial charge in [-0.15, -0.1) is 0 Å². The Labute approximate surface area is 131 Å². The normalized spacial score (nSPS) is 21.8. The van der Waals surface area contributed by atoms with E-state index < -0.39 is 5.97 Å². The Balaban J connectivity index is 1.76. The van der Waals surface area contributed by atoms with Crippen LogP contribution >= 0.6 is 15.9 Å². The fourth-order valence-corrected chi connectivity index (χ4v) is 2.71. The monoisotopic (exact) mass is 355 g/mol. The maximum atomic E-state index is 11.8. The van der Waals surface area contributed by atoms with Crippen molar-refractivity contribution >= 4 is 33.6 Å². The second kappa shape index (κ2) is 7.51. The molecule has 0 radical (unpaired) electrons. The Bertz CT molecular complexity index is 507. The van der Waals surface area contributed by atoms with Gasteiger partial charge >= 0.3 is 5.97 Å². The molecule has 0 spiro atoms. The van der Waals surface area contributed by atoms with E-state index in [9.17, 15) is 9.59 Å². The summed E-state index contributed by atoms with van der Waals surface area (Å²) < 4.78 is 0.848. The van der Waals surface area contributed by atoms with E-state index in [4.69, 9.17) is 5.11 Å². The molecule has 1 aromatic heterocycles. The smallest absolute Gasteiger partial charge is 0.306 e. The highest BCUT2D eigenvalue weighted by Gasteiger charge is 2.26. The van der Waals surface area contributed by atoms with Gasteiger partial charge in [-0.25, -0.2) is 4.98 Å². The zero-order valence-corrected chi connectivity index (χ0v) is 13.1. The Kier molecular flexibility index (Phi) is 5.69. The lowest BCUT2D eigenvalue weighted by atomic mass is 9.86. The van der Waals surface area contributed by atoms with Crippen molar-refractivity contribution in [3.63, 3.8) is 0 Å². The highest BCUT2D eigenvalue weighted by atomic mass is 79.9. The second-order valence-corrected chi connectivity index (χ2v) is 6.11. The maximum Gasteiger partial charge on any atom is 0.306 e. The summed E-state index contributed by atoms with van der Waals surface area (Å²) in [5.41, 5.74) is 0. The quantitative estimate of drug-likeness (QED) is 0.751. The van der Waals surface area contributed by atoms with Gasteiger partial charge < -0.3 is 15.7 Å². The van der Waals surface area contributed by atoms with E-state index >= 15 is 0 Å². The minimum atomic E-state index is -0.745.